The molecular formula is C103H82Ir3N4O7S. The average Bonchev–Trinajstić information content (AvgIpc) is 1.49. The van der Waals surface area contributed by atoms with Gasteiger partial charge in [0, 0.05) is 121 Å². The van der Waals surface area contributed by atoms with Crippen molar-refractivity contribution in [2.24, 2.45) is 0 Å². The molecule has 0 bridgehead atoms. The predicted molar refractivity (Wildman–Crippen MR) is 481 cm³/mol. The van der Waals surface area contributed by atoms with E-state index < -0.39 is 0 Å². The first kappa shape index (κ1) is 86.5. The first-order valence-corrected chi connectivity index (χ1v) is 38.4. The standard InChI is InChI=1S/C31H18NO.C31H18NS.C26H19N2.3C5H8O2.3Ir/c2*1-2-7-23-20(6-1)16-17-27-25(23)18-19-32-30(27)22-14-12-21(13-15-22)24-9-5-10-28-26-8-3-4-11-29(26)33-31(24)28;1-17-7-13-22(18(2)28-17)20-8-10-21(11-9-20)26-25-14-12-19-5-3-4-6-23(19)24(25)15-16-27-26;3*1-4(6)3-5(2)7;;;/h2*1-14,16-19H;3-10,12-16H,1-2H3;3*3,6H,1-2H3;;;/q3*-1;;;;;;/p+3. The van der Waals surface area contributed by atoms with Gasteiger partial charge in [0.25, 0.3) is 0 Å². The van der Waals surface area contributed by atoms with Crippen molar-refractivity contribution in [3.8, 4) is 67.2 Å². The van der Waals surface area contributed by atoms with Gasteiger partial charge in [-0.25, -0.2) is 0 Å². The largest absolute Gasteiger partial charge is 0.512 e. The number of fused-ring (bicyclic) bond motifs is 15. The quantitative estimate of drug-likeness (QED) is 0.0418. The second kappa shape index (κ2) is 39.5. The van der Waals surface area contributed by atoms with Crippen LogP contribution in [0.15, 0.2) is 338 Å². The Hall–Kier alpha value is -12.4. The number of furan rings is 1. The van der Waals surface area contributed by atoms with Gasteiger partial charge in [0.2, 0.25) is 0 Å². The third-order valence-corrected chi connectivity index (χ3v) is 20.7. The summed E-state index contributed by atoms with van der Waals surface area (Å²) in [6, 6.07) is 108. The Morgan fingerprint density at radius 2 is 0.712 bits per heavy atom. The molecule has 0 aliphatic rings. The molecule has 0 saturated carbocycles. The molecule has 6 N–H and O–H groups in total. The molecule has 0 aliphatic carbocycles. The fraction of sp³-hybridized carbons (Fsp3) is 0.0777. The average molecular weight is 2100 g/mol. The van der Waals surface area contributed by atoms with Crippen LogP contribution >= 0.6 is 11.3 Å². The SMILES string of the molecule is CC(=[OH+])C=C(C)O.CC(=[OH+])C=C(C)O.CC(=[OH+])C=C(C)O.Cc1ccc(-c2c[c-]c(-c3nccc4c3ccc3ccccc34)cc2)c(C)n1.[Ir].[Ir].[Ir].[c-]1cc(-c2cccc3c2oc2ccccc23)ccc1-c1nccc2c1ccc1ccccc12.[c-]1cc(-c2cccc3c2sc2ccccc23)ccc1-c1nccc2c1ccc1ccccc12. The zero-order valence-electron chi connectivity index (χ0n) is 65.8. The number of aliphatic hydroxyl groups is 3. The Kier molecular flexibility index (Phi) is 29.0. The zero-order chi connectivity index (χ0) is 80.2. The number of carbonyl (C=O) groups excluding carboxylic acids is 3. The van der Waals surface area contributed by atoms with E-state index in [1.807, 2.05) is 80.2 Å². The van der Waals surface area contributed by atoms with E-state index in [2.05, 4.69) is 271 Å². The Balaban J connectivity index is 0.000000153. The van der Waals surface area contributed by atoms with E-state index in [1.165, 1.54) is 140 Å². The van der Waals surface area contributed by atoms with Crippen molar-refractivity contribution in [1.29, 1.82) is 0 Å². The normalized spacial score (nSPS) is 11.2. The van der Waals surface area contributed by atoms with E-state index in [9.17, 15) is 0 Å². The van der Waals surface area contributed by atoms with Crippen molar-refractivity contribution in [2.45, 2.75) is 55.4 Å². The summed E-state index contributed by atoms with van der Waals surface area (Å²) >= 11 is 1.86. The zero-order valence-corrected chi connectivity index (χ0v) is 73.8. The second-order valence-electron chi connectivity index (χ2n) is 28.0. The molecule has 0 aliphatic heterocycles. The molecule has 6 heterocycles. The van der Waals surface area contributed by atoms with Crippen molar-refractivity contribution in [3.63, 3.8) is 0 Å². The molecule has 0 saturated heterocycles. The second-order valence-corrected chi connectivity index (χ2v) is 29.1. The number of rotatable bonds is 9. The number of aliphatic hydroxyl groups excluding tert-OH is 3. The summed E-state index contributed by atoms with van der Waals surface area (Å²) in [5, 5.41) is 44.7. The third-order valence-electron chi connectivity index (χ3n) is 19.4. The molecule has 13 aromatic carbocycles. The van der Waals surface area contributed by atoms with Crippen LogP contribution in [-0.4, -0.2) is 67.0 Å². The number of benzene rings is 13. The molecule has 11 nitrogen and oxygen atoms in total. The van der Waals surface area contributed by atoms with Crippen molar-refractivity contribution in [2.75, 3.05) is 0 Å². The number of pyridine rings is 4. The number of hydrogen-bond acceptors (Lipinski definition) is 9. The number of aromatic nitrogens is 4. The van der Waals surface area contributed by atoms with E-state index in [0.717, 1.165) is 106 Å². The molecule has 0 spiro atoms. The minimum absolute atomic E-state index is 0. The maximum atomic E-state index is 8.40. The van der Waals surface area contributed by atoms with Gasteiger partial charge < -0.3 is 34.7 Å². The van der Waals surface area contributed by atoms with Crippen LogP contribution in [0.3, 0.4) is 0 Å². The maximum absolute atomic E-state index is 8.40. The molecule has 0 fully saturated rings. The summed E-state index contributed by atoms with van der Waals surface area (Å²) in [5.74, 6) is 0.750. The van der Waals surface area contributed by atoms with Gasteiger partial charge in [0.05, 0.1) is 56.3 Å². The molecule has 0 unspecified atom stereocenters. The summed E-state index contributed by atoms with van der Waals surface area (Å²) in [5.41, 5.74) is 16.6. The van der Waals surface area contributed by atoms with Crippen LogP contribution in [0.25, 0.3) is 174 Å². The molecule has 19 rings (SSSR count). The van der Waals surface area contributed by atoms with Gasteiger partial charge in [-0.3, -0.25) is 19.4 Å². The molecule has 0 atom stereocenters. The summed E-state index contributed by atoms with van der Waals surface area (Å²) in [4.78, 5) is 43.9. The predicted octanol–water partition coefficient (Wildman–Crippen LogP) is 26.9. The van der Waals surface area contributed by atoms with Crippen LogP contribution in [0.5, 0.6) is 0 Å². The van der Waals surface area contributed by atoms with Crippen LogP contribution in [0.4, 0.5) is 0 Å². The first-order valence-electron chi connectivity index (χ1n) is 37.6. The summed E-state index contributed by atoms with van der Waals surface area (Å²) in [6.07, 6.45) is 9.52. The number of aryl methyl sites for hydroxylation is 2. The smallest absolute Gasteiger partial charge is 0.316 e. The Labute approximate surface area is 728 Å². The van der Waals surface area contributed by atoms with Gasteiger partial charge in [0.1, 0.15) is 11.2 Å². The maximum Gasteiger partial charge on any atom is 0.316 e. The Morgan fingerprint density at radius 3 is 1.12 bits per heavy atom. The number of hydrogen-bond donors (Lipinski definition) is 3. The fourth-order valence-electron chi connectivity index (χ4n) is 14.5. The molecule has 589 valence electrons. The van der Waals surface area contributed by atoms with Crippen molar-refractivity contribution in [1.82, 2.24) is 19.9 Å². The van der Waals surface area contributed by atoms with E-state index in [-0.39, 0.29) is 94.9 Å². The fourth-order valence-corrected chi connectivity index (χ4v) is 15.8. The molecular weight excluding hydrogens is 2010 g/mol. The van der Waals surface area contributed by atoms with Crippen molar-refractivity contribution < 1.29 is 94.4 Å². The Bertz CT molecular complexity index is 6650. The van der Waals surface area contributed by atoms with E-state index >= 15 is 0 Å². The first-order chi connectivity index (χ1) is 55.8. The van der Waals surface area contributed by atoms with Crippen molar-refractivity contribution >= 4 is 135 Å². The number of allylic oxidation sites excluding steroid dienone is 6. The molecule has 3 radical (unpaired) electrons. The summed E-state index contributed by atoms with van der Waals surface area (Å²) < 4.78 is 8.88. The Morgan fingerprint density at radius 1 is 0.339 bits per heavy atom. The van der Waals surface area contributed by atoms with E-state index in [0.29, 0.717) is 0 Å². The van der Waals surface area contributed by atoms with E-state index in [4.69, 9.17) is 44.1 Å². The number of nitrogens with zero attached hydrogens (tertiary/aromatic N) is 4. The number of para-hydroxylation sites is 2. The van der Waals surface area contributed by atoms with Gasteiger partial charge in [-0.05, 0) is 169 Å². The minimum Gasteiger partial charge on any atom is -0.512 e. The molecule has 19 aromatic rings. The van der Waals surface area contributed by atoms with Crippen LogP contribution in [0.1, 0.15) is 52.9 Å². The minimum atomic E-state index is 0. The topological polar surface area (TPSA) is 190 Å². The summed E-state index contributed by atoms with van der Waals surface area (Å²) in [6.45, 7) is 13.1. The number of ketones is 3. The van der Waals surface area contributed by atoms with Crippen LogP contribution in [0, 0.1) is 32.0 Å². The van der Waals surface area contributed by atoms with Gasteiger partial charge in [-0.15, -0.1) is 101 Å². The van der Waals surface area contributed by atoms with E-state index in [1.54, 1.807) is 0 Å². The number of thiophene rings is 1. The van der Waals surface area contributed by atoms with Crippen LogP contribution in [-0.2, 0) is 60.3 Å². The molecule has 15 heteroatoms. The van der Waals surface area contributed by atoms with Gasteiger partial charge >= 0.3 is 17.3 Å². The summed E-state index contributed by atoms with van der Waals surface area (Å²) in [7, 11) is 0. The molecule has 6 aromatic heterocycles. The van der Waals surface area contributed by atoms with Crippen LogP contribution < -0.4 is 0 Å². The van der Waals surface area contributed by atoms with Crippen LogP contribution in [0.2, 0.25) is 0 Å². The van der Waals surface area contributed by atoms with Crippen molar-refractivity contribution in [3.05, 3.63) is 363 Å². The monoisotopic (exact) mass is 2100 g/mol. The molecule has 0 amide bonds. The molecule has 118 heavy (non-hydrogen) atoms. The van der Waals surface area contributed by atoms with Gasteiger partial charge in [-0.2, -0.15) is 0 Å². The van der Waals surface area contributed by atoms with Gasteiger partial charge in [-0.1, -0.05) is 205 Å². The third kappa shape index (κ3) is 19.8. The van der Waals surface area contributed by atoms with Gasteiger partial charge in [0.15, 0.2) is 0 Å².